The van der Waals surface area contributed by atoms with Crippen LogP contribution in [0.4, 0.5) is 11.4 Å². The van der Waals surface area contributed by atoms with Crippen molar-refractivity contribution in [1.29, 1.82) is 0 Å². The van der Waals surface area contributed by atoms with Gasteiger partial charge in [0, 0.05) is 0 Å². The zero-order chi connectivity index (χ0) is 14.3. The van der Waals surface area contributed by atoms with Crippen LogP contribution in [0.5, 0.6) is 0 Å². The summed E-state index contributed by atoms with van der Waals surface area (Å²) in [6.07, 6.45) is 0. The lowest BCUT2D eigenvalue weighted by molar-refractivity contribution is 0.906. The molecular formula is C19H18N2. The van der Waals surface area contributed by atoms with Crippen molar-refractivity contribution < 1.29 is 0 Å². The number of rotatable bonds is 5. The highest BCUT2D eigenvalue weighted by atomic mass is 15.5. The Kier molecular flexibility index (Phi) is 4.18. The lowest BCUT2D eigenvalue weighted by Gasteiger charge is -2.26. The van der Waals surface area contributed by atoms with Crippen LogP contribution in [0.2, 0.25) is 0 Å². The minimum absolute atomic E-state index is 0.805. The smallest absolute Gasteiger partial charge is 0.0644 e. The van der Waals surface area contributed by atoms with Crippen LogP contribution in [0.3, 0.4) is 0 Å². The van der Waals surface area contributed by atoms with Crippen molar-refractivity contribution >= 4 is 11.4 Å². The fourth-order valence-electron chi connectivity index (χ4n) is 2.24. The molecule has 104 valence electrons. The maximum atomic E-state index is 3.48. The maximum Gasteiger partial charge on any atom is 0.0644 e. The highest BCUT2D eigenvalue weighted by Gasteiger charge is 2.06. The molecule has 0 heterocycles. The van der Waals surface area contributed by atoms with E-state index in [1.807, 2.05) is 30.3 Å². The molecular weight excluding hydrogens is 256 g/mol. The van der Waals surface area contributed by atoms with Crippen molar-refractivity contribution in [2.24, 2.45) is 0 Å². The van der Waals surface area contributed by atoms with Gasteiger partial charge in [-0.25, -0.2) is 0 Å². The Morgan fingerprint density at radius 1 is 0.619 bits per heavy atom. The van der Waals surface area contributed by atoms with E-state index in [0.717, 1.165) is 17.9 Å². The van der Waals surface area contributed by atoms with Gasteiger partial charge in [-0.15, -0.1) is 0 Å². The minimum atomic E-state index is 0.805. The molecule has 2 heteroatoms. The molecule has 0 atom stereocenters. The third-order valence-corrected chi connectivity index (χ3v) is 3.29. The molecule has 3 aromatic carbocycles. The summed E-state index contributed by atoms with van der Waals surface area (Å²) in [5.74, 6) is 0. The zero-order valence-electron chi connectivity index (χ0n) is 11.8. The van der Waals surface area contributed by atoms with Crippen molar-refractivity contribution in [2.75, 3.05) is 10.4 Å². The molecule has 0 aliphatic rings. The molecule has 3 rings (SSSR count). The van der Waals surface area contributed by atoms with Crippen molar-refractivity contribution in [3.8, 4) is 0 Å². The fourth-order valence-corrected chi connectivity index (χ4v) is 2.24. The predicted octanol–water partition coefficient (Wildman–Crippen LogP) is 4.72. The summed E-state index contributed by atoms with van der Waals surface area (Å²) in [6, 6.07) is 31.1. The first-order valence-corrected chi connectivity index (χ1v) is 7.10. The Morgan fingerprint density at radius 2 is 1.14 bits per heavy atom. The lowest BCUT2D eigenvalue weighted by Crippen LogP contribution is -2.29. The first-order valence-electron chi connectivity index (χ1n) is 7.10. The van der Waals surface area contributed by atoms with Crippen LogP contribution >= 0.6 is 0 Å². The predicted molar refractivity (Wildman–Crippen MR) is 89.1 cm³/mol. The summed E-state index contributed by atoms with van der Waals surface area (Å²) in [7, 11) is 0. The van der Waals surface area contributed by atoms with E-state index in [9.17, 15) is 0 Å². The van der Waals surface area contributed by atoms with Crippen LogP contribution < -0.4 is 10.4 Å². The summed E-state index contributed by atoms with van der Waals surface area (Å²) in [6.45, 7) is 0.805. The Morgan fingerprint density at radius 3 is 1.76 bits per heavy atom. The fraction of sp³-hybridized carbons (Fsp3) is 0.0526. The van der Waals surface area contributed by atoms with Gasteiger partial charge in [0.1, 0.15) is 0 Å². The average molecular weight is 274 g/mol. The van der Waals surface area contributed by atoms with Crippen LogP contribution in [-0.4, -0.2) is 0 Å². The summed E-state index contributed by atoms with van der Waals surface area (Å²) < 4.78 is 0. The monoisotopic (exact) mass is 274 g/mol. The standard InChI is InChI=1S/C19H18N2/c1-4-10-17(11-5-1)16-21(19-14-8-3-9-15-19)20-18-12-6-2-7-13-18/h1-15,20H,16H2. The average Bonchev–Trinajstić information content (AvgIpc) is 2.57. The van der Waals surface area contributed by atoms with Gasteiger partial charge in [0.15, 0.2) is 0 Å². The Balaban J connectivity index is 1.84. The number of anilines is 2. The second kappa shape index (κ2) is 6.62. The molecule has 0 aromatic heterocycles. The highest BCUT2D eigenvalue weighted by molar-refractivity contribution is 5.55. The van der Waals surface area contributed by atoms with Crippen LogP contribution in [0.15, 0.2) is 91.0 Å². The summed E-state index contributed by atoms with van der Waals surface area (Å²) in [4.78, 5) is 0. The number of hydrogen-bond donors (Lipinski definition) is 1. The molecule has 0 spiro atoms. The molecule has 1 N–H and O–H groups in total. The number of nitrogens with zero attached hydrogens (tertiary/aromatic N) is 1. The van der Waals surface area contributed by atoms with E-state index < -0.39 is 0 Å². The quantitative estimate of drug-likeness (QED) is 0.677. The molecule has 0 bridgehead atoms. The second-order valence-electron chi connectivity index (χ2n) is 4.89. The van der Waals surface area contributed by atoms with Gasteiger partial charge < -0.3 is 0 Å². The Hall–Kier alpha value is -2.74. The van der Waals surface area contributed by atoms with Gasteiger partial charge in [0.2, 0.25) is 0 Å². The third kappa shape index (κ3) is 3.63. The van der Waals surface area contributed by atoms with E-state index in [-0.39, 0.29) is 0 Å². The van der Waals surface area contributed by atoms with E-state index >= 15 is 0 Å². The van der Waals surface area contributed by atoms with E-state index in [0.29, 0.717) is 0 Å². The molecule has 0 radical (unpaired) electrons. The molecule has 0 aliphatic heterocycles. The molecule has 0 aliphatic carbocycles. The van der Waals surface area contributed by atoms with Crippen LogP contribution in [-0.2, 0) is 6.54 Å². The van der Waals surface area contributed by atoms with Crippen LogP contribution in [0.1, 0.15) is 5.56 Å². The molecule has 0 amide bonds. The molecule has 0 unspecified atom stereocenters. The number of hydrazine groups is 1. The first-order chi connectivity index (χ1) is 10.4. The van der Waals surface area contributed by atoms with Gasteiger partial charge in [-0.1, -0.05) is 66.7 Å². The summed E-state index contributed by atoms with van der Waals surface area (Å²) in [5, 5.41) is 2.16. The summed E-state index contributed by atoms with van der Waals surface area (Å²) >= 11 is 0. The number of hydrogen-bond acceptors (Lipinski definition) is 2. The van der Waals surface area contributed by atoms with E-state index in [1.165, 1.54) is 5.56 Å². The minimum Gasteiger partial charge on any atom is -0.298 e. The number of para-hydroxylation sites is 2. The third-order valence-electron chi connectivity index (χ3n) is 3.29. The summed E-state index contributed by atoms with van der Waals surface area (Å²) in [5.41, 5.74) is 6.97. The Labute approximate surface area is 125 Å². The van der Waals surface area contributed by atoms with E-state index in [4.69, 9.17) is 0 Å². The molecule has 21 heavy (non-hydrogen) atoms. The zero-order valence-corrected chi connectivity index (χ0v) is 11.8. The number of benzene rings is 3. The van der Waals surface area contributed by atoms with Gasteiger partial charge in [0.25, 0.3) is 0 Å². The van der Waals surface area contributed by atoms with Gasteiger partial charge in [-0.3, -0.25) is 10.4 Å². The molecule has 3 aromatic rings. The highest BCUT2D eigenvalue weighted by Crippen LogP contribution is 2.18. The molecule has 0 fully saturated rings. The van der Waals surface area contributed by atoms with Crippen molar-refractivity contribution in [3.63, 3.8) is 0 Å². The second-order valence-corrected chi connectivity index (χ2v) is 4.89. The van der Waals surface area contributed by atoms with Crippen molar-refractivity contribution in [3.05, 3.63) is 96.6 Å². The topological polar surface area (TPSA) is 15.3 Å². The first kappa shape index (κ1) is 13.3. The van der Waals surface area contributed by atoms with Crippen LogP contribution in [0, 0.1) is 0 Å². The van der Waals surface area contributed by atoms with Gasteiger partial charge >= 0.3 is 0 Å². The van der Waals surface area contributed by atoms with Crippen molar-refractivity contribution in [2.45, 2.75) is 6.54 Å². The molecule has 0 saturated carbocycles. The van der Waals surface area contributed by atoms with E-state index in [1.54, 1.807) is 0 Å². The van der Waals surface area contributed by atoms with Gasteiger partial charge in [-0.05, 0) is 29.8 Å². The Bertz CT molecular complexity index is 609. The number of nitrogens with one attached hydrogen (secondary N) is 1. The SMILES string of the molecule is c1ccc(CN(Nc2ccccc2)c2ccccc2)cc1. The lowest BCUT2D eigenvalue weighted by atomic mass is 10.2. The van der Waals surface area contributed by atoms with Gasteiger partial charge in [-0.2, -0.15) is 0 Å². The van der Waals surface area contributed by atoms with Gasteiger partial charge in [0.05, 0.1) is 17.9 Å². The molecule has 2 nitrogen and oxygen atoms in total. The van der Waals surface area contributed by atoms with Crippen molar-refractivity contribution in [1.82, 2.24) is 0 Å². The largest absolute Gasteiger partial charge is 0.298 e. The normalized spacial score (nSPS) is 10.1. The van der Waals surface area contributed by atoms with Crippen LogP contribution in [0.25, 0.3) is 0 Å². The molecule has 0 saturated heterocycles. The van der Waals surface area contributed by atoms with E-state index in [2.05, 4.69) is 71.1 Å². The maximum absolute atomic E-state index is 3.48.